The van der Waals surface area contributed by atoms with E-state index in [9.17, 15) is 0 Å². The van der Waals surface area contributed by atoms with Gasteiger partial charge in [0.2, 0.25) is 0 Å². The SMILES string of the molecule is c1ccc(-c2cc(-c3ccccc3)nc(-c3ccc(-c4cccc5ccc(C6NC(c7ccccc7)NC(c7ccccc7)N6)cc45)cc3)c2)cc1. The van der Waals surface area contributed by atoms with E-state index in [1.165, 1.54) is 44.2 Å². The quantitative estimate of drug-likeness (QED) is 0.158. The fraction of sp³-hybridized carbons (Fsp3) is 0.0625. The molecule has 1 saturated heterocycles. The molecule has 0 bridgehead atoms. The van der Waals surface area contributed by atoms with Crippen molar-refractivity contribution in [1.82, 2.24) is 20.9 Å². The summed E-state index contributed by atoms with van der Waals surface area (Å²) in [6, 6.07) is 68.8. The maximum absolute atomic E-state index is 5.15. The van der Waals surface area contributed by atoms with Crippen molar-refractivity contribution >= 4 is 10.8 Å². The Morgan fingerprint density at radius 3 is 1.38 bits per heavy atom. The number of nitrogens with zero attached hydrogens (tertiary/aromatic N) is 1. The van der Waals surface area contributed by atoms with E-state index < -0.39 is 0 Å². The molecule has 0 saturated carbocycles. The summed E-state index contributed by atoms with van der Waals surface area (Å²) in [5.74, 6) is 0. The van der Waals surface area contributed by atoms with Gasteiger partial charge in [0, 0.05) is 11.1 Å². The van der Waals surface area contributed by atoms with Gasteiger partial charge >= 0.3 is 0 Å². The smallest absolute Gasteiger partial charge is 0.0864 e. The van der Waals surface area contributed by atoms with Gasteiger partial charge in [-0.25, -0.2) is 4.98 Å². The van der Waals surface area contributed by atoms with Crippen LogP contribution in [0.4, 0.5) is 0 Å². The molecular weight excluding hydrogens is 633 g/mol. The number of hydrogen-bond acceptors (Lipinski definition) is 4. The van der Waals surface area contributed by atoms with Crippen LogP contribution in [0.15, 0.2) is 194 Å². The largest absolute Gasteiger partial charge is 0.279 e. The zero-order chi connectivity index (χ0) is 34.7. The van der Waals surface area contributed by atoms with Crippen molar-refractivity contribution in [2.45, 2.75) is 18.5 Å². The molecule has 1 aliphatic rings. The van der Waals surface area contributed by atoms with Crippen molar-refractivity contribution in [2.24, 2.45) is 0 Å². The first-order chi connectivity index (χ1) is 25.7. The zero-order valence-electron chi connectivity index (χ0n) is 28.7. The molecule has 1 aliphatic heterocycles. The van der Waals surface area contributed by atoms with E-state index >= 15 is 0 Å². The molecule has 8 aromatic rings. The molecule has 1 aromatic heterocycles. The summed E-state index contributed by atoms with van der Waals surface area (Å²) >= 11 is 0. The number of aromatic nitrogens is 1. The number of fused-ring (bicyclic) bond motifs is 1. The molecule has 4 heteroatoms. The van der Waals surface area contributed by atoms with E-state index in [0.29, 0.717) is 0 Å². The molecular formula is C48H38N4. The number of pyridine rings is 1. The second kappa shape index (κ2) is 14.2. The highest BCUT2D eigenvalue weighted by atomic mass is 15.4. The Bertz CT molecular complexity index is 2330. The highest BCUT2D eigenvalue weighted by Gasteiger charge is 2.29. The maximum atomic E-state index is 5.15. The molecule has 2 heterocycles. The monoisotopic (exact) mass is 670 g/mol. The summed E-state index contributed by atoms with van der Waals surface area (Å²) < 4.78 is 0. The summed E-state index contributed by atoms with van der Waals surface area (Å²) in [7, 11) is 0. The molecule has 9 rings (SSSR count). The van der Waals surface area contributed by atoms with Crippen LogP contribution in [-0.2, 0) is 0 Å². The Kier molecular flexibility index (Phi) is 8.69. The van der Waals surface area contributed by atoms with Gasteiger partial charge < -0.3 is 0 Å². The van der Waals surface area contributed by atoms with E-state index in [-0.39, 0.29) is 18.5 Å². The molecule has 52 heavy (non-hydrogen) atoms. The summed E-state index contributed by atoms with van der Waals surface area (Å²) in [6.45, 7) is 0. The summed E-state index contributed by atoms with van der Waals surface area (Å²) in [5.41, 5.74) is 12.4. The third kappa shape index (κ3) is 6.55. The van der Waals surface area contributed by atoms with Crippen LogP contribution < -0.4 is 16.0 Å². The van der Waals surface area contributed by atoms with Crippen molar-refractivity contribution in [2.75, 3.05) is 0 Å². The van der Waals surface area contributed by atoms with Gasteiger partial charge in [0.25, 0.3) is 0 Å². The van der Waals surface area contributed by atoms with Crippen molar-refractivity contribution in [3.05, 3.63) is 211 Å². The van der Waals surface area contributed by atoms with Crippen molar-refractivity contribution in [3.63, 3.8) is 0 Å². The predicted molar refractivity (Wildman–Crippen MR) is 214 cm³/mol. The van der Waals surface area contributed by atoms with Crippen LogP contribution in [0.5, 0.6) is 0 Å². The average molecular weight is 671 g/mol. The average Bonchev–Trinajstić information content (AvgIpc) is 3.24. The van der Waals surface area contributed by atoms with E-state index in [4.69, 9.17) is 4.98 Å². The lowest BCUT2D eigenvalue weighted by atomic mass is 9.94. The van der Waals surface area contributed by atoms with Gasteiger partial charge in [-0.1, -0.05) is 176 Å². The standard InChI is InChI=1S/C48H38N4/c1-5-14-33(15-6-1)41-31-44(36-16-7-2-8-17-36)49-45(32-41)37-27-24-35(25-28-37)42-23-13-22-34-26-29-40(30-43(34)42)48-51-46(38-18-9-3-10-19-38)50-47(52-48)39-20-11-4-12-21-39/h1-32,46-48,50-52H. The molecule has 4 nitrogen and oxygen atoms in total. The van der Waals surface area contributed by atoms with Crippen molar-refractivity contribution < 1.29 is 0 Å². The van der Waals surface area contributed by atoms with Crippen LogP contribution in [0.1, 0.15) is 35.2 Å². The number of hydrogen-bond donors (Lipinski definition) is 3. The molecule has 2 unspecified atom stereocenters. The second-order valence-corrected chi connectivity index (χ2v) is 13.3. The van der Waals surface area contributed by atoms with Gasteiger partial charge in [0.15, 0.2) is 0 Å². The molecule has 0 aliphatic carbocycles. The number of nitrogens with one attached hydrogen (secondary N) is 3. The molecule has 2 atom stereocenters. The molecule has 3 N–H and O–H groups in total. The molecule has 7 aromatic carbocycles. The summed E-state index contributed by atoms with van der Waals surface area (Å²) in [5, 5.41) is 13.9. The van der Waals surface area contributed by atoms with Gasteiger partial charge in [0.05, 0.1) is 29.9 Å². The topological polar surface area (TPSA) is 49.0 Å². The second-order valence-electron chi connectivity index (χ2n) is 13.3. The third-order valence-electron chi connectivity index (χ3n) is 10.00. The van der Waals surface area contributed by atoms with E-state index in [1.807, 2.05) is 6.07 Å². The minimum Gasteiger partial charge on any atom is -0.279 e. The van der Waals surface area contributed by atoms with E-state index in [2.05, 4.69) is 204 Å². The zero-order valence-corrected chi connectivity index (χ0v) is 28.7. The lowest BCUT2D eigenvalue weighted by Crippen LogP contribution is -2.54. The van der Waals surface area contributed by atoms with Crippen LogP contribution in [0.2, 0.25) is 0 Å². The minimum atomic E-state index is -0.0710. The Hall–Kier alpha value is -6.17. The molecule has 1 fully saturated rings. The fourth-order valence-corrected chi connectivity index (χ4v) is 7.29. The Morgan fingerprint density at radius 2 is 0.808 bits per heavy atom. The van der Waals surface area contributed by atoms with Crippen molar-refractivity contribution in [3.8, 4) is 44.8 Å². The van der Waals surface area contributed by atoms with Gasteiger partial charge in [-0.15, -0.1) is 0 Å². The molecule has 0 spiro atoms. The van der Waals surface area contributed by atoms with Gasteiger partial charge in [-0.2, -0.15) is 0 Å². The highest BCUT2D eigenvalue weighted by Crippen LogP contribution is 2.35. The number of rotatable bonds is 7. The Labute approximate surface area is 304 Å². The normalized spacial score (nSPS) is 17.2. The van der Waals surface area contributed by atoms with Crippen LogP contribution in [0, 0.1) is 0 Å². The van der Waals surface area contributed by atoms with Crippen molar-refractivity contribution in [1.29, 1.82) is 0 Å². The summed E-state index contributed by atoms with van der Waals surface area (Å²) in [4.78, 5) is 5.15. The predicted octanol–water partition coefficient (Wildman–Crippen LogP) is 11.1. The molecule has 250 valence electrons. The summed E-state index contributed by atoms with van der Waals surface area (Å²) in [6.07, 6.45) is -0.113. The van der Waals surface area contributed by atoms with Gasteiger partial charge in [0.1, 0.15) is 0 Å². The Morgan fingerprint density at radius 1 is 0.327 bits per heavy atom. The fourth-order valence-electron chi connectivity index (χ4n) is 7.29. The first-order valence-electron chi connectivity index (χ1n) is 17.9. The minimum absolute atomic E-state index is 0.0208. The maximum Gasteiger partial charge on any atom is 0.0864 e. The van der Waals surface area contributed by atoms with E-state index in [1.54, 1.807) is 0 Å². The van der Waals surface area contributed by atoms with E-state index in [0.717, 1.165) is 28.1 Å². The number of benzene rings is 7. The first-order valence-corrected chi connectivity index (χ1v) is 17.9. The lowest BCUT2D eigenvalue weighted by Gasteiger charge is -2.39. The first kappa shape index (κ1) is 31.8. The molecule has 0 amide bonds. The molecule has 0 radical (unpaired) electrons. The Balaban J connectivity index is 1.06. The van der Waals surface area contributed by atoms with Crippen LogP contribution in [0.25, 0.3) is 55.5 Å². The van der Waals surface area contributed by atoms with Crippen LogP contribution in [-0.4, -0.2) is 4.98 Å². The van der Waals surface area contributed by atoms with Gasteiger partial charge in [-0.05, 0) is 67.9 Å². The third-order valence-corrected chi connectivity index (χ3v) is 10.00. The van der Waals surface area contributed by atoms with Gasteiger partial charge in [-0.3, -0.25) is 16.0 Å². The highest BCUT2D eigenvalue weighted by molar-refractivity contribution is 5.97. The lowest BCUT2D eigenvalue weighted by molar-refractivity contribution is 0.203. The van der Waals surface area contributed by atoms with Crippen LogP contribution >= 0.6 is 0 Å². The van der Waals surface area contributed by atoms with Crippen LogP contribution in [0.3, 0.4) is 0 Å².